The van der Waals surface area contributed by atoms with Gasteiger partial charge in [-0.25, -0.2) is 0 Å². The second kappa shape index (κ2) is 7.28. The van der Waals surface area contributed by atoms with Gasteiger partial charge in [-0.1, -0.05) is 40.5 Å². The summed E-state index contributed by atoms with van der Waals surface area (Å²) in [7, 11) is 1.71. The van der Waals surface area contributed by atoms with Gasteiger partial charge in [0.05, 0.1) is 6.61 Å². The highest BCUT2D eigenvalue weighted by Crippen LogP contribution is 2.27. The zero-order valence-electron chi connectivity index (χ0n) is 9.59. The molecule has 0 aliphatic rings. The molecule has 2 nitrogen and oxygen atoms in total. The molecule has 0 saturated carbocycles. The highest BCUT2D eigenvalue weighted by molar-refractivity contribution is 9.10. The molecule has 0 aromatic heterocycles. The number of rotatable bonds is 6. The molecular formula is C12H17BrClNO. The summed E-state index contributed by atoms with van der Waals surface area (Å²) in [6.07, 6.45) is 0. The normalized spacial score (nSPS) is 12.8. The quantitative estimate of drug-likeness (QED) is 0.813. The molecule has 4 heteroatoms. The molecule has 1 aromatic rings. The minimum atomic E-state index is 0.400. The Morgan fingerprint density at radius 1 is 1.50 bits per heavy atom. The van der Waals surface area contributed by atoms with Crippen LogP contribution < -0.4 is 5.32 Å². The Morgan fingerprint density at radius 2 is 2.25 bits per heavy atom. The predicted octanol–water partition coefficient (Wildman–Crippen LogP) is 3.44. The van der Waals surface area contributed by atoms with Crippen molar-refractivity contribution in [3.05, 3.63) is 33.3 Å². The number of hydrogen-bond acceptors (Lipinski definition) is 2. The summed E-state index contributed by atoms with van der Waals surface area (Å²) in [6.45, 7) is 4.68. The molecule has 0 aliphatic heterocycles. The first-order valence-corrected chi connectivity index (χ1v) is 6.47. The van der Waals surface area contributed by atoms with Crippen molar-refractivity contribution >= 4 is 27.5 Å². The van der Waals surface area contributed by atoms with E-state index in [4.69, 9.17) is 16.3 Å². The van der Waals surface area contributed by atoms with E-state index in [0.29, 0.717) is 5.92 Å². The van der Waals surface area contributed by atoms with Gasteiger partial charge in [-0.2, -0.15) is 0 Å². The SMILES string of the molecule is COCCNCC(C)c1ccc(Br)cc1Cl. The van der Waals surface area contributed by atoms with Gasteiger partial charge in [0.15, 0.2) is 0 Å². The van der Waals surface area contributed by atoms with E-state index >= 15 is 0 Å². The first kappa shape index (κ1) is 14.0. The third kappa shape index (κ3) is 4.42. The van der Waals surface area contributed by atoms with E-state index in [1.807, 2.05) is 12.1 Å². The summed E-state index contributed by atoms with van der Waals surface area (Å²) in [4.78, 5) is 0. The standard InChI is InChI=1S/C12H17BrClNO/c1-9(8-15-5-6-16-2)11-4-3-10(13)7-12(11)14/h3-4,7,9,15H,5-6,8H2,1-2H3. The molecule has 90 valence electrons. The van der Waals surface area contributed by atoms with Gasteiger partial charge in [-0.15, -0.1) is 0 Å². The predicted molar refractivity (Wildman–Crippen MR) is 72.3 cm³/mol. The van der Waals surface area contributed by atoms with Crippen LogP contribution in [-0.2, 0) is 4.74 Å². The zero-order valence-corrected chi connectivity index (χ0v) is 11.9. The van der Waals surface area contributed by atoms with Crippen LogP contribution in [0.4, 0.5) is 0 Å². The highest BCUT2D eigenvalue weighted by Gasteiger charge is 2.09. The lowest BCUT2D eigenvalue weighted by molar-refractivity contribution is 0.199. The van der Waals surface area contributed by atoms with Crippen LogP contribution in [0.5, 0.6) is 0 Å². The van der Waals surface area contributed by atoms with Crippen LogP contribution in [0.3, 0.4) is 0 Å². The fourth-order valence-electron chi connectivity index (χ4n) is 1.50. The minimum Gasteiger partial charge on any atom is -0.383 e. The molecule has 0 spiro atoms. The number of benzene rings is 1. The first-order chi connectivity index (χ1) is 7.65. The van der Waals surface area contributed by atoms with E-state index in [1.165, 1.54) is 5.56 Å². The largest absolute Gasteiger partial charge is 0.383 e. The van der Waals surface area contributed by atoms with Gasteiger partial charge in [0.1, 0.15) is 0 Å². The number of halogens is 2. The maximum Gasteiger partial charge on any atom is 0.0587 e. The molecule has 1 aromatic carbocycles. The second-order valence-corrected chi connectivity index (χ2v) is 5.09. The van der Waals surface area contributed by atoms with Crippen molar-refractivity contribution in [2.75, 3.05) is 26.8 Å². The third-order valence-corrected chi connectivity index (χ3v) is 3.25. The summed E-state index contributed by atoms with van der Waals surface area (Å²) in [5, 5.41) is 4.15. The van der Waals surface area contributed by atoms with Gasteiger partial charge in [-0.05, 0) is 23.6 Å². The summed E-state index contributed by atoms with van der Waals surface area (Å²) in [5.41, 5.74) is 1.18. The number of nitrogens with one attached hydrogen (secondary N) is 1. The van der Waals surface area contributed by atoms with Crippen LogP contribution in [0.25, 0.3) is 0 Å². The molecule has 0 aliphatic carbocycles. The Morgan fingerprint density at radius 3 is 2.88 bits per heavy atom. The van der Waals surface area contributed by atoms with Gasteiger partial charge in [0.2, 0.25) is 0 Å². The van der Waals surface area contributed by atoms with Gasteiger partial charge < -0.3 is 10.1 Å². The van der Waals surface area contributed by atoms with Crippen LogP contribution in [0.2, 0.25) is 5.02 Å². The Bertz CT molecular complexity index is 333. The van der Waals surface area contributed by atoms with Crippen molar-refractivity contribution < 1.29 is 4.74 Å². The second-order valence-electron chi connectivity index (χ2n) is 3.76. The first-order valence-electron chi connectivity index (χ1n) is 5.29. The van der Waals surface area contributed by atoms with E-state index in [9.17, 15) is 0 Å². The van der Waals surface area contributed by atoms with Gasteiger partial charge >= 0.3 is 0 Å². The lowest BCUT2D eigenvalue weighted by Crippen LogP contribution is -2.24. The lowest BCUT2D eigenvalue weighted by atomic mass is 10.0. The van der Waals surface area contributed by atoms with E-state index in [0.717, 1.165) is 29.2 Å². The number of hydrogen-bond donors (Lipinski definition) is 1. The van der Waals surface area contributed by atoms with Gasteiger partial charge in [0, 0.05) is 29.7 Å². The molecule has 0 fully saturated rings. The molecule has 0 heterocycles. The van der Waals surface area contributed by atoms with Crippen molar-refractivity contribution in [3.63, 3.8) is 0 Å². The van der Waals surface area contributed by atoms with Gasteiger partial charge in [0.25, 0.3) is 0 Å². The van der Waals surface area contributed by atoms with Crippen LogP contribution in [0.1, 0.15) is 18.4 Å². The van der Waals surface area contributed by atoms with E-state index in [-0.39, 0.29) is 0 Å². The molecule has 0 radical (unpaired) electrons. The maximum atomic E-state index is 6.18. The number of methoxy groups -OCH3 is 1. The van der Waals surface area contributed by atoms with E-state index < -0.39 is 0 Å². The molecule has 0 amide bonds. The van der Waals surface area contributed by atoms with Crippen molar-refractivity contribution in [1.29, 1.82) is 0 Å². The van der Waals surface area contributed by atoms with Gasteiger partial charge in [-0.3, -0.25) is 0 Å². The maximum absolute atomic E-state index is 6.18. The van der Waals surface area contributed by atoms with Crippen LogP contribution in [0, 0.1) is 0 Å². The monoisotopic (exact) mass is 305 g/mol. The smallest absolute Gasteiger partial charge is 0.0587 e. The third-order valence-electron chi connectivity index (χ3n) is 2.43. The van der Waals surface area contributed by atoms with E-state index in [2.05, 4.69) is 34.2 Å². The minimum absolute atomic E-state index is 0.400. The fourth-order valence-corrected chi connectivity index (χ4v) is 2.36. The molecule has 0 saturated heterocycles. The van der Waals surface area contributed by atoms with Crippen LogP contribution in [0.15, 0.2) is 22.7 Å². The Labute approximate surface area is 110 Å². The number of ether oxygens (including phenoxy) is 1. The Kier molecular flexibility index (Phi) is 6.36. The van der Waals surface area contributed by atoms with Crippen LogP contribution >= 0.6 is 27.5 Å². The van der Waals surface area contributed by atoms with E-state index in [1.54, 1.807) is 7.11 Å². The van der Waals surface area contributed by atoms with Crippen molar-refractivity contribution in [2.24, 2.45) is 0 Å². The van der Waals surface area contributed by atoms with Crippen molar-refractivity contribution in [2.45, 2.75) is 12.8 Å². The fraction of sp³-hybridized carbons (Fsp3) is 0.500. The summed E-state index contributed by atoms with van der Waals surface area (Å²) in [6, 6.07) is 6.02. The molecule has 1 unspecified atom stereocenters. The highest BCUT2D eigenvalue weighted by atomic mass is 79.9. The summed E-state index contributed by atoms with van der Waals surface area (Å²) >= 11 is 9.58. The topological polar surface area (TPSA) is 21.3 Å². The molecule has 1 atom stereocenters. The Balaban J connectivity index is 2.49. The zero-order chi connectivity index (χ0) is 12.0. The van der Waals surface area contributed by atoms with Crippen LogP contribution in [-0.4, -0.2) is 26.8 Å². The molecule has 1 rings (SSSR count). The Hall–Kier alpha value is -0.0900. The summed E-state index contributed by atoms with van der Waals surface area (Å²) in [5.74, 6) is 0.400. The summed E-state index contributed by atoms with van der Waals surface area (Å²) < 4.78 is 5.99. The molecule has 1 N–H and O–H groups in total. The van der Waals surface area contributed by atoms with Crippen molar-refractivity contribution in [3.8, 4) is 0 Å². The molecular weight excluding hydrogens is 289 g/mol. The average Bonchev–Trinajstić information content (AvgIpc) is 2.24. The van der Waals surface area contributed by atoms with Crippen molar-refractivity contribution in [1.82, 2.24) is 5.32 Å². The molecule has 16 heavy (non-hydrogen) atoms. The molecule has 0 bridgehead atoms. The lowest BCUT2D eigenvalue weighted by Gasteiger charge is -2.14. The average molecular weight is 307 g/mol.